The van der Waals surface area contributed by atoms with Gasteiger partial charge in [-0.05, 0) is 36.1 Å². The van der Waals surface area contributed by atoms with Gasteiger partial charge in [-0.2, -0.15) is 9.97 Å². The minimum atomic E-state index is -0.469. The summed E-state index contributed by atoms with van der Waals surface area (Å²) in [5.74, 6) is -0.259. The predicted octanol–water partition coefficient (Wildman–Crippen LogP) is 7.22. The third-order valence-corrected chi connectivity index (χ3v) is 10.6. The maximum atomic E-state index is 13.4. The van der Waals surface area contributed by atoms with E-state index in [9.17, 15) is 19.8 Å². The molecule has 0 saturated heterocycles. The second kappa shape index (κ2) is 17.4. The first kappa shape index (κ1) is 36.7. The summed E-state index contributed by atoms with van der Waals surface area (Å²) in [5.41, 5.74) is 3.21. The van der Waals surface area contributed by atoms with Crippen LogP contribution in [0.1, 0.15) is 59.1 Å². The van der Waals surface area contributed by atoms with E-state index in [1.807, 2.05) is 121 Å². The number of aromatic amines is 2. The van der Waals surface area contributed by atoms with E-state index < -0.39 is 11.8 Å². The van der Waals surface area contributed by atoms with Gasteiger partial charge in [-0.1, -0.05) is 145 Å². The Bertz CT molecular complexity index is 1930. The Kier molecular flexibility index (Phi) is 12.3. The normalized spacial score (nSPS) is 11.6. The number of aromatic nitrogens is 4. The van der Waals surface area contributed by atoms with Crippen LogP contribution < -0.4 is 11.1 Å². The summed E-state index contributed by atoms with van der Waals surface area (Å²) < 4.78 is 0. The molecule has 0 aliphatic heterocycles. The fraction of sp³-hybridized carbons (Fsp3) is 0.220. The van der Waals surface area contributed by atoms with Crippen molar-refractivity contribution < 1.29 is 10.2 Å². The van der Waals surface area contributed by atoms with Crippen molar-refractivity contribution >= 4 is 23.5 Å². The highest BCUT2D eigenvalue weighted by molar-refractivity contribution is 7.99. The maximum Gasteiger partial charge on any atom is 0.259 e. The Labute approximate surface area is 311 Å². The molecule has 0 radical (unpaired) electrons. The molecule has 6 rings (SSSR count). The minimum Gasteiger partial charge on any atom is -0.493 e. The highest BCUT2D eigenvalue weighted by Crippen LogP contribution is 2.35. The standard InChI is InChI=1S/C41H41N5O4S2/c1-27(2)46(23-25-51-40-42-36(47)34(37(48)43-40)32(28-15-7-3-8-16-28)29-17-9-4-10-18-29)24-26-52-41-44-38(49)35(39(50)45-41)33(30-19-11-5-12-20-30)31-21-13-6-14-22-31/h3-22,27,32-33H,23-26H2,1-2H3,(H2,42,43,47,48)(H2,44,45,49,50). The predicted molar refractivity (Wildman–Crippen MR) is 209 cm³/mol. The summed E-state index contributed by atoms with van der Waals surface area (Å²) in [4.78, 5) is 43.8. The van der Waals surface area contributed by atoms with E-state index in [0.29, 0.717) is 34.9 Å². The lowest BCUT2D eigenvalue weighted by molar-refractivity contribution is 0.251. The number of thioether (sulfide) groups is 2. The second-order valence-electron chi connectivity index (χ2n) is 12.6. The van der Waals surface area contributed by atoms with Crippen LogP contribution in [0.3, 0.4) is 0 Å². The molecule has 0 aliphatic carbocycles. The van der Waals surface area contributed by atoms with Gasteiger partial charge in [-0.15, -0.1) is 0 Å². The van der Waals surface area contributed by atoms with E-state index in [4.69, 9.17) is 0 Å². The lowest BCUT2D eigenvalue weighted by Gasteiger charge is -2.26. The van der Waals surface area contributed by atoms with E-state index in [1.54, 1.807) is 0 Å². The van der Waals surface area contributed by atoms with Crippen LogP contribution in [0.2, 0.25) is 0 Å². The SMILES string of the molecule is CC(C)N(CCSc1nc(O)c(C(c2ccccc2)c2ccccc2)c(=O)[nH]1)CCSc1nc(O)c(C(c2ccccc2)c2ccccc2)c(=O)[nH]1. The minimum absolute atomic E-state index is 0.212. The van der Waals surface area contributed by atoms with Crippen molar-refractivity contribution in [1.82, 2.24) is 24.8 Å². The van der Waals surface area contributed by atoms with Crippen molar-refractivity contribution in [3.63, 3.8) is 0 Å². The highest BCUT2D eigenvalue weighted by Gasteiger charge is 2.26. The van der Waals surface area contributed by atoms with Crippen molar-refractivity contribution in [1.29, 1.82) is 0 Å². The van der Waals surface area contributed by atoms with Gasteiger partial charge in [0, 0.05) is 42.5 Å². The summed E-state index contributed by atoms with van der Waals surface area (Å²) >= 11 is 2.75. The van der Waals surface area contributed by atoms with Crippen molar-refractivity contribution in [2.24, 2.45) is 0 Å². The molecule has 0 amide bonds. The molecule has 0 fully saturated rings. The lowest BCUT2D eigenvalue weighted by atomic mass is 9.86. The van der Waals surface area contributed by atoms with E-state index >= 15 is 0 Å². The molecule has 0 aliphatic rings. The molecular formula is C41H41N5O4S2. The largest absolute Gasteiger partial charge is 0.493 e. The third kappa shape index (κ3) is 8.85. The highest BCUT2D eigenvalue weighted by atomic mass is 32.2. The van der Waals surface area contributed by atoms with E-state index in [2.05, 4.69) is 38.7 Å². The van der Waals surface area contributed by atoms with Crippen molar-refractivity contribution in [2.75, 3.05) is 24.6 Å². The van der Waals surface area contributed by atoms with Crippen LogP contribution in [0.25, 0.3) is 0 Å². The fourth-order valence-corrected chi connectivity index (χ4v) is 8.01. The molecule has 2 heterocycles. The summed E-state index contributed by atoms with van der Waals surface area (Å²) in [6.45, 7) is 5.60. The second-order valence-corrected chi connectivity index (χ2v) is 14.7. The van der Waals surface area contributed by atoms with Crippen molar-refractivity contribution in [3.8, 4) is 11.8 Å². The van der Waals surface area contributed by atoms with Gasteiger partial charge in [0.25, 0.3) is 11.1 Å². The lowest BCUT2D eigenvalue weighted by Crippen LogP contribution is -2.35. The van der Waals surface area contributed by atoms with E-state index in [-0.39, 0.29) is 40.0 Å². The molecular weight excluding hydrogens is 691 g/mol. The molecule has 6 aromatic rings. The van der Waals surface area contributed by atoms with Crippen LogP contribution in [0.15, 0.2) is 141 Å². The van der Waals surface area contributed by atoms with Gasteiger partial charge < -0.3 is 20.2 Å². The first-order valence-corrected chi connectivity index (χ1v) is 19.1. The Morgan fingerprint density at radius 2 is 0.865 bits per heavy atom. The molecule has 4 aromatic carbocycles. The summed E-state index contributed by atoms with van der Waals surface area (Å²) in [7, 11) is 0. The number of rotatable bonds is 15. The molecule has 0 spiro atoms. The van der Waals surface area contributed by atoms with Crippen LogP contribution >= 0.6 is 23.5 Å². The van der Waals surface area contributed by atoms with Gasteiger partial charge in [0.15, 0.2) is 10.3 Å². The maximum absolute atomic E-state index is 13.4. The Balaban J connectivity index is 1.10. The van der Waals surface area contributed by atoms with Crippen molar-refractivity contribution in [3.05, 3.63) is 175 Å². The smallest absolute Gasteiger partial charge is 0.259 e. The van der Waals surface area contributed by atoms with Crippen molar-refractivity contribution in [2.45, 2.75) is 42.0 Å². The topological polar surface area (TPSA) is 135 Å². The van der Waals surface area contributed by atoms with E-state index in [0.717, 1.165) is 22.3 Å². The number of nitrogens with zero attached hydrogens (tertiary/aromatic N) is 3. The molecule has 0 atom stereocenters. The zero-order valence-corrected chi connectivity index (χ0v) is 30.6. The van der Waals surface area contributed by atoms with Crippen LogP contribution in [-0.4, -0.2) is 65.7 Å². The van der Waals surface area contributed by atoms with Crippen LogP contribution in [0.5, 0.6) is 11.8 Å². The van der Waals surface area contributed by atoms with Gasteiger partial charge in [-0.3, -0.25) is 14.5 Å². The molecule has 0 unspecified atom stereocenters. The Hall–Kier alpha value is -5.10. The molecule has 4 N–H and O–H groups in total. The number of aromatic hydroxyl groups is 2. The number of nitrogens with one attached hydrogen (secondary N) is 2. The summed E-state index contributed by atoms with van der Waals surface area (Å²) in [5, 5.41) is 22.9. The Morgan fingerprint density at radius 1 is 0.558 bits per heavy atom. The molecule has 11 heteroatoms. The van der Waals surface area contributed by atoms with E-state index in [1.165, 1.54) is 23.5 Å². The average Bonchev–Trinajstić information content (AvgIpc) is 3.15. The average molecular weight is 732 g/mol. The number of hydrogen-bond acceptors (Lipinski definition) is 9. The first-order chi connectivity index (χ1) is 25.3. The van der Waals surface area contributed by atoms with Gasteiger partial charge in [0.1, 0.15) is 0 Å². The molecule has 266 valence electrons. The monoisotopic (exact) mass is 731 g/mol. The fourth-order valence-electron chi connectivity index (χ4n) is 6.34. The van der Waals surface area contributed by atoms with Crippen LogP contribution in [0, 0.1) is 0 Å². The zero-order valence-electron chi connectivity index (χ0n) is 29.0. The van der Waals surface area contributed by atoms with Gasteiger partial charge in [-0.25, -0.2) is 0 Å². The molecule has 0 saturated carbocycles. The number of hydrogen-bond donors (Lipinski definition) is 4. The molecule has 0 bridgehead atoms. The summed E-state index contributed by atoms with van der Waals surface area (Å²) in [6.07, 6.45) is 0. The van der Waals surface area contributed by atoms with Gasteiger partial charge in [0.2, 0.25) is 11.8 Å². The first-order valence-electron chi connectivity index (χ1n) is 17.2. The Morgan fingerprint density at radius 3 is 1.13 bits per heavy atom. The number of H-pyrrole nitrogens is 2. The molecule has 2 aromatic heterocycles. The van der Waals surface area contributed by atoms with Crippen LogP contribution in [-0.2, 0) is 0 Å². The van der Waals surface area contributed by atoms with Gasteiger partial charge in [0.05, 0.1) is 11.1 Å². The molecule has 9 nitrogen and oxygen atoms in total. The number of benzene rings is 4. The quantitative estimate of drug-likeness (QED) is 0.0638. The van der Waals surface area contributed by atoms with Crippen LogP contribution in [0.4, 0.5) is 0 Å². The zero-order chi connectivity index (χ0) is 36.5. The molecule has 52 heavy (non-hydrogen) atoms. The third-order valence-electron chi connectivity index (χ3n) is 8.90. The summed E-state index contributed by atoms with van der Waals surface area (Å²) in [6, 6.07) is 38.7. The van der Waals surface area contributed by atoms with Gasteiger partial charge >= 0.3 is 0 Å².